The Morgan fingerprint density at radius 2 is 2.20 bits per heavy atom. The molecule has 1 heterocycles. The summed E-state index contributed by atoms with van der Waals surface area (Å²) in [6.45, 7) is 3.47. The third kappa shape index (κ3) is 2.88. The zero-order chi connectivity index (χ0) is 14.7. The molecule has 5 heteroatoms. The number of aliphatic carboxylic acids is 1. The molecule has 2 rings (SSSR count). The van der Waals surface area contributed by atoms with Crippen molar-refractivity contribution in [2.24, 2.45) is 0 Å². The predicted octanol–water partition coefficient (Wildman–Crippen LogP) is 2.68. The summed E-state index contributed by atoms with van der Waals surface area (Å²) in [5.74, 6) is -0.271. The molecule has 0 aliphatic rings. The molecular weight excluding hydrogens is 256 g/mol. The molecule has 20 heavy (non-hydrogen) atoms. The van der Waals surface area contributed by atoms with Gasteiger partial charge in [-0.2, -0.15) is 0 Å². The Kier molecular flexibility index (Phi) is 3.89. The van der Waals surface area contributed by atoms with Gasteiger partial charge in [0.25, 0.3) is 0 Å². The van der Waals surface area contributed by atoms with Crippen molar-refractivity contribution in [2.75, 3.05) is 7.11 Å². The van der Waals surface area contributed by atoms with Crippen LogP contribution in [0, 0.1) is 6.92 Å². The molecule has 104 valence electrons. The molecule has 1 aromatic heterocycles. The van der Waals surface area contributed by atoms with E-state index < -0.39 is 5.97 Å². The highest BCUT2D eigenvalue weighted by atomic mass is 16.5. The van der Waals surface area contributed by atoms with Crippen molar-refractivity contribution in [3.05, 3.63) is 47.6 Å². The number of carboxylic acid groups (broad SMARTS) is 1. The molecule has 0 bridgehead atoms. The molecule has 0 saturated carbocycles. The quantitative estimate of drug-likeness (QED) is 0.869. The number of benzene rings is 1. The van der Waals surface area contributed by atoms with E-state index in [1.165, 1.54) is 0 Å². The minimum Gasteiger partial charge on any atom is -0.495 e. The molecule has 0 aliphatic carbocycles. The Morgan fingerprint density at radius 3 is 2.75 bits per heavy atom. The fourth-order valence-corrected chi connectivity index (χ4v) is 1.86. The lowest BCUT2D eigenvalue weighted by atomic mass is 10.1. The van der Waals surface area contributed by atoms with Gasteiger partial charge in [0.05, 0.1) is 24.8 Å². The average molecular weight is 272 g/mol. The number of methoxy groups -OCH3 is 1. The first-order valence-corrected chi connectivity index (χ1v) is 6.12. The average Bonchev–Trinajstić information content (AvgIpc) is 2.84. The number of hydrogen-bond acceptors (Lipinski definition) is 3. The van der Waals surface area contributed by atoms with Crippen LogP contribution in [0.15, 0.2) is 36.3 Å². The summed E-state index contributed by atoms with van der Waals surface area (Å²) in [5, 5.41) is 8.89. The van der Waals surface area contributed by atoms with Crippen molar-refractivity contribution >= 4 is 12.0 Å². The van der Waals surface area contributed by atoms with Gasteiger partial charge in [-0.3, -0.25) is 0 Å². The highest BCUT2D eigenvalue weighted by Crippen LogP contribution is 2.25. The molecule has 2 aromatic rings. The van der Waals surface area contributed by atoms with Crippen LogP contribution in [0.25, 0.3) is 11.8 Å². The third-order valence-electron chi connectivity index (χ3n) is 2.91. The lowest BCUT2D eigenvalue weighted by Gasteiger charge is -2.10. The largest absolute Gasteiger partial charge is 0.495 e. The first kappa shape index (κ1) is 13.9. The highest BCUT2D eigenvalue weighted by Gasteiger charge is 2.07. The smallest absolute Gasteiger partial charge is 0.331 e. The first-order chi connectivity index (χ1) is 9.51. The summed E-state index contributed by atoms with van der Waals surface area (Å²) in [6.07, 6.45) is 5.22. The molecule has 0 spiro atoms. The van der Waals surface area contributed by atoms with Crippen LogP contribution in [0.4, 0.5) is 0 Å². The van der Waals surface area contributed by atoms with Crippen molar-refractivity contribution in [3.63, 3.8) is 0 Å². The summed E-state index contributed by atoms with van der Waals surface area (Å²) in [5.41, 5.74) is 2.83. The molecule has 5 nitrogen and oxygen atoms in total. The van der Waals surface area contributed by atoms with Crippen LogP contribution in [0.3, 0.4) is 0 Å². The lowest BCUT2D eigenvalue weighted by Crippen LogP contribution is -1.98. The third-order valence-corrected chi connectivity index (χ3v) is 2.91. The molecule has 0 fully saturated rings. The van der Waals surface area contributed by atoms with E-state index in [4.69, 9.17) is 9.84 Å². The SMILES string of the molecule is COc1cc(/C=C(\C)C(=O)O)ccc1-n1cnc(C)c1. The predicted molar refractivity (Wildman–Crippen MR) is 76.1 cm³/mol. The molecule has 0 amide bonds. The summed E-state index contributed by atoms with van der Waals surface area (Å²) in [7, 11) is 1.58. The fourth-order valence-electron chi connectivity index (χ4n) is 1.86. The van der Waals surface area contributed by atoms with Crippen molar-refractivity contribution in [1.82, 2.24) is 9.55 Å². The molecular formula is C15H16N2O3. The van der Waals surface area contributed by atoms with Crippen molar-refractivity contribution in [1.29, 1.82) is 0 Å². The maximum Gasteiger partial charge on any atom is 0.331 e. The summed E-state index contributed by atoms with van der Waals surface area (Å²) >= 11 is 0. The molecule has 0 saturated heterocycles. The van der Waals surface area contributed by atoms with Gasteiger partial charge in [-0.05, 0) is 37.6 Å². The number of nitrogens with zero attached hydrogens (tertiary/aromatic N) is 2. The van der Waals surface area contributed by atoms with Crippen LogP contribution >= 0.6 is 0 Å². The van der Waals surface area contributed by atoms with Gasteiger partial charge in [-0.15, -0.1) is 0 Å². The van der Waals surface area contributed by atoms with Gasteiger partial charge in [-0.25, -0.2) is 9.78 Å². The van der Waals surface area contributed by atoms with E-state index >= 15 is 0 Å². The number of aromatic nitrogens is 2. The maximum absolute atomic E-state index is 10.8. The number of aryl methyl sites for hydroxylation is 1. The standard InChI is InChI=1S/C15H16N2O3/c1-10(15(18)19)6-12-4-5-13(14(7-12)20-3)17-8-11(2)16-9-17/h4-9H,1-3H3,(H,18,19)/b10-6+. The van der Waals surface area contributed by atoms with Gasteiger partial charge in [-0.1, -0.05) is 6.07 Å². The molecule has 1 aromatic carbocycles. The van der Waals surface area contributed by atoms with E-state index in [2.05, 4.69) is 4.98 Å². The topological polar surface area (TPSA) is 64.3 Å². The van der Waals surface area contributed by atoms with Crippen molar-refractivity contribution in [2.45, 2.75) is 13.8 Å². The van der Waals surface area contributed by atoms with Crippen LogP contribution in [0.2, 0.25) is 0 Å². The van der Waals surface area contributed by atoms with Crippen LogP contribution < -0.4 is 4.74 Å². The van der Waals surface area contributed by atoms with Crippen molar-refractivity contribution < 1.29 is 14.6 Å². The molecule has 0 radical (unpaired) electrons. The Labute approximate surface area is 117 Å². The number of imidazole rings is 1. The second-order valence-electron chi connectivity index (χ2n) is 4.49. The monoisotopic (exact) mass is 272 g/mol. The van der Waals surface area contributed by atoms with Crippen LogP contribution in [0.5, 0.6) is 5.75 Å². The van der Waals surface area contributed by atoms with Gasteiger partial charge in [0.2, 0.25) is 0 Å². The fraction of sp³-hybridized carbons (Fsp3) is 0.200. The van der Waals surface area contributed by atoms with Crippen LogP contribution in [-0.2, 0) is 4.79 Å². The van der Waals surface area contributed by atoms with Crippen LogP contribution in [0.1, 0.15) is 18.2 Å². The van der Waals surface area contributed by atoms with Crippen LogP contribution in [-0.4, -0.2) is 27.7 Å². The number of hydrogen-bond donors (Lipinski definition) is 1. The van der Waals surface area contributed by atoms with Crippen molar-refractivity contribution in [3.8, 4) is 11.4 Å². The zero-order valence-corrected chi connectivity index (χ0v) is 11.6. The number of carbonyl (C=O) groups is 1. The normalized spacial score (nSPS) is 11.4. The summed E-state index contributed by atoms with van der Waals surface area (Å²) < 4.78 is 7.23. The number of ether oxygens (including phenoxy) is 1. The van der Waals surface area contributed by atoms with E-state index in [0.717, 1.165) is 16.9 Å². The van der Waals surface area contributed by atoms with E-state index in [0.29, 0.717) is 5.75 Å². The van der Waals surface area contributed by atoms with E-state index in [9.17, 15) is 4.79 Å². The highest BCUT2D eigenvalue weighted by molar-refractivity contribution is 5.91. The Hall–Kier alpha value is -2.56. The Bertz CT molecular complexity index is 672. The first-order valence-electron chi connectivity index (χ1n) is 6.12. The second-order valence-corrected chi connectivity index (χ2v) is 4.49. The minimum absolute atomic E-state index is 0.276. The minimum atomic E-state index is -0.932. The number of rotatable bonds is 4. The van der Waals surface area contributed by atoms with Gasteiger partial charge in [0, 0.05) is 11.8 Å². The number of carboxylic acids is 1. The Morgan fingerprint density at radius 1 is 1.45 bits per heavy atom. The van der Waals surface area contributed by atoms with Gasteiger partial charge < -0.3 is 14.4 Å². The summed E-state index contributed by atoms with van der Waals surface area (Å²) in [6, 6.07) is 5.53. The van der Waals surface area contributed by atoms with E-state index in [1.807, 2.05) is 29.8 Å². The zero-order valence-electron chi connectivity index (χ0n) is 11.6. The van der Waals surface area contributed by atoms with Gasteiger partial charge >= 0.3 is 5.97 Å². The molecule has 0 unspecified atom stereocenters. The van der Waals surface area contributed by atoms with Gasteiger partial charge in [0.15, 0.2) is 0 Å². The molecule has 1 N–H and O–H groups in total. The Balaban J connectivity index is 2.43. The second kappa shape index (κ2) is 5.61. The van der Waals surface area contributed by atoms with Gasteiger partial charge in [0.1, 0.15) is 5.75 Å². The van der Waals surface area contributed by atoms with E-state index in [1.54, 1.807) is 32.5 Å². The molecule has 0 atom stereocenters. The lowest BCUT2D eigenvalue weighted by molar-refractivity contribution is -0.132. The summed E-state index contributed by atoms with van der Waals surface area (Å²) in [4.78, 5) is 15.0. The molecule has 0 aliphatic heterocycles. The van der Waals surface area contributed by atoms with E-state index in [-0.39, 0.29) is 5.57 Å². The maximum atomic E-state index is 10.8.